The van der Waals surface area contributed by atoms with Crippen LogP contribution in [0.25, 0.3) is 0 Å². The second-order valence-corrected chi connectivity index (χ2v) is 8.32. The molecule has 0 spiro atoms. The van der Waals surface area contributed by atoms with Gasteiger partial charge in [0.1, 0.15) is 5.76 Å². The minimum Gasteiger partial charge on any atom is -0.360 e. The van der Waals surface area contributed by atoms with Crippen molar-refractivity contribution in [1.82, 2.24) is 9.46 Å². The molecule has 0 bridgehead atoms. The Morgan fingerprint density at radius 1 is 1.32 bits per heavy atom. The van der Waals surface area contributed by atoms with E-state index in [9.17, 15) is 13.2 Å². The number of halogens is 1. The minimum absolute atomic E-state index is 0.168. The molecule has 0 unspecified atom stereocenters. The number of nitrogens with one attached hydrogen (secondary N) is 1. The monoisotopic (exact) mass is 383 g/mol. The Morgan fingerprint density at radius 3 is 2.64 bits per heavy atom. The summed E-state index contributed by atoms with van der Waals surface area (Å²) < 4.78 is 31.6. The van der Waals surface area contributed by atoms with E-state index in [0.717, 1.165) is 0 Å². The zero-order chi connectivity index (χ0) is 18.0. The second-order valence-electron chi connectivity index (χ2n) is 5.95. The lowest BCUT2D eigenvalue weighted by molar-refractivity contribution is -0.120. The number of hydrogen-bond donors (Lipinski definition) is 1. The van der Waals surface area contributed by atoms with E-state index in [2.05, 4.69) is 10.5 Å². The van der Waals surface area contributed by atoms with Crippen LogP contribution in [0.1, 0.15) is 18.6 Å². The second kappa shape index (κ2) is 7.15. The van der Waals surface area contributed by atoms with Gasteiger partial charge in [-0.1, -0.05) is 22.8 Å². The zero-order valence-electron chi connectivity index (χ0n) is 13.6. The van der Waals surface area contributed by atoms with Crippen molar-refractivity contribution >= 4 is 33.3 Å². The molecule has 2 heterocycles. The van der Waals surface area contributed by atoms with Gasteiger partial charge >= 0.3 is 0 Å². The standard InChI is InChI=1S/C16H18ClN3O4S/c1-11-9-15(19-24-11)18-16(21)12-5-7-20(8-6-12)25(22,23)14-4-2-3-13(17)10-14/h2-4,9-10,12H,5-8H2,1H3,(H,18,19,21). The molecule has 0 aliphatic carbocycles. The van der Waals surface area contributed by atoms with Gasteiger partial charge in [-0.05, 0) is 38.0 Å². The lowest BCUT2D eigenvalue weighted by Gasteiger charge is -2.30. The Labute approximate surface area is 151 Å². The first-order valence-corrected chi connectivity index (χ1v) is 9.68. The lowest BCUT2D eigenvalue weighted by atomic mass is 9.97. The van der Waals surface area contributed by atoms with Crippen LogP contribution < -0.4 is 5.32 Å². The van der Waals surface area contributed by atoms with Crippen LogP contribution in [-0.4, -0.2) is 36.9 Å². The molecule has 9 heteroatoms. The highest BCUT2D eigenvalue weighted by atomic mass is 35.5. The number of anilines is 1. The number of hydrogen-bond acceptors (Lipinski definition) is 5. The third-order valence-corrected chi connectivity index (χ3v) is 6.27. The topological polar surface area (TPSA) is 92.5 Å². The molecule has 1 aliphatic heterocycles. The number of nitrogens with zero attached hydrogens (tertiary/aromatic N) is 2. The average molecular weight is 384 g/mol. The van der Waals surface area contributed by atoms with Crippen LogP contribution >= 0.6 is 11.6 Å². The Hall–Kier alpha value is -1.90. The first-order valence-electron chi connectivity index (χ1n) is 7.86. The summed E-state index contributed by atoms with van der Waals surface area (Å²) in [7, 11) is -3.60. The van der Waals surface area contributed by atoms with Gasteiger partial charge in [-0.25, -0.2) is 8.42 Å². The molecule has 7 nitrogen and oxygen atoms in total. The van der Waals surface area contributed by atoms with E-state index in [1.807, 2.05) is 0 Å². The van der Waals surface area contributed by atoms with E-state index in [1.54, 1.807) is 25.1 Å². The Kier molecular flexibility index (Phi) is 5.12. The van der Waals surface area contributed by atoms with Gasteiger partial charge < -0.3 is 9.84 Å². The molecule has 1 aromatic heterocycles. The third-order valence-electron chi connectivity index (χ3n) is 4.14. The van der Waals surface area contributed by atoms with Gasteiger partial charge in [0.15, 0.2) is 5.82 Å². The molecular weight excluding hydrogens is 366 g/mol. The fraction of sp³-hybridized carbons (Fsp3) is 0.375. The molecule has 25 heavy (non-hydrogen) atoms. The maximum Gasteiger partial charge on any atom is 0.243 e. The number of sulfonamides is 1. The highest BCUT2D eigenvalue weighted by molar-refractivity contribution is 7.89. The summed E-state index contributed by atoms with van der Waals surface area (Å²) in [5.74, 6) is 0.546. The largest absolute Gasteiger partial charge is 0.360 e. The molecule has 1 amide bonds. The van der Waals surface area contributed by atoms with E-state index in [1.165, 1.54) is 16.4 Å². The summed E-state index contributed by atoms with van der Waals surface area (Å²) in [6.07, 6.45) is 0.894. The molecule has 1 saturated heterocycles. The molecule has 1 aromatic carbocycles. The molecular formula is C16H18ClN3O4S. The fourth-order valence-corrected chi connectivity index (χ4v) is 4.56. The van der Waals surface area contributed by atoms with Gasteiger partial charge in [0.25, 0.3) is 0 Å². The van der Waals surface area contributed by atoms with Crippen LogP contribution in [0.4, 0.5) is 5.82 Å². The molecule has 3 rings (SSSR count). The summed E-state index contributed by atoms with van der Waals surface area (Å²) in [6.45, 7) is 2.30. The Bertz CT molecular complexity index is 873. The van der Waals surface area contributed by atoms with Crippen molar-refractivity contribution in [3.8, 4) is 0 Å². The van der Waals surface area contributed by atoms with E-state index in [0.29, 0.717) is 29.4 Å². The van der Waals surface area contributed by atoms with Crippen molar-refractivity contribution < 1.29 is 17.7 Å². The lowest BCUT2D eigenvalue weighted by Crippen LogP contribution is -2.41. The zero-order valence-corrected chi connectivity index (χ0v) is 15.2. The summed E-state index contributed by atoms with van der Waals surface area (Å²) in [4.78, 5) is 12.4. The summed E-state index contributed by atoms with van der Waals surface area (Å²) >= 11 is 5.88. The summed E-state index contributed by atoms with van der Waals surface area (Å²) in [5, 5.41) is 6.80. The van der Waals surface area contributed by atoms with Gasteiger partial charge in [-0.3, -0.25) is 4.79 Å². The normalized spacial score (nSPS) is 16.7. The fourth-order valence-electron chi connectivity index (χ4n) is 2.79. The van der Waals surface area contributed by atoms with E-state index < -0.39 is 10.0 Å². The number of aryl methyl sites for hydroxylation is 1. The number of amides is 1. The highest BCUT2D eigenvalue weighted by Gasteiger charge is 2.32. The Morgan fingerprint density at radius 2 is 2.04 bits per heavy atom. The van der Waals surface area contributed by atoms with E-state index in [-0.39, 0.29) is 29.8 Å². The number of piperidine rings is 1. The van der Waals surface area contributed by atoms with Crippen LogP contribution in [-0.2, 0) is 14.8 Å². The number of aromatic nitrogens is 1. The van der Waals surface area contributed by atoms with Gasteiger partial charge in [0.2, 0.25) is 15.9 Å². The average Bonchev–Trinajstić information content (AvgIpc) is 3.00. The van der Waals surface area contributed by atoms with Crippen molar-refractivity contribution in [2.24, 2.45) is 5.92 Å². The highest BCUT2D eigenvalue weighted by Crippen LogP contribution is 2.26. The molecule has 0 radical (unpaired) electrons. The van der Waals surface area contributed by atoms with E-state index >= 15 is 0 Å². The molecule has 1 aliphatic rings. The van der Waals surface area contributed by atoms with Gasteiger partial charge in [0.05, 0.1) is 4.90 Å². The number of carbonyl (C=O) groups excluding carboxylic acids is 1. The summed E-state index contributed by atoms with van der Waals surface area (Å²) in [5.41, 5.74) is 0. The van der Waals surface area contributed by atoms with Crippen LogP contribution in [0, 0.1) is 12.8 Å². The minimum atomic E-state index is -3.60. The predicted molar refractivity (Wildman–Crippen MR) is 92.8 cm³/mol. The van der Waals surface area contributed by atoms with Crippen molar-refractivity contribution in [3.05, 3.63) is 41.1 Å². The number of carbonyl (C=O) groups is 1. The first-order chi connectivity index (χ1) is 11.9. The smallest absolute Gasteiger partial charge is 0.243 e. The Balaban J connectivity index is 1.62. The van der Waals surface area contributed by atoms with Gasteiger partial charge in [-0.15, -0.1) is 0 Å². The summed E-state index contributed by atoms with van der Waals surface area (Å²) in [6, 6.07) is 7.82. The van der Waals surface area contributed by atoms with Gasteiger partial charge in [-0.2, -0.15) is 4.31 Å². The maximum absolute atomic E-state index is 12.7. The quantitative estimate of drug-likeness (QED) is 0.876. The van der Waals surface area contributed by atoms with E-state index in [4.69, 9.17) is 16.1 Å². The van der Waals surface area contributed by atoms with Gasteiger partial charge in [0, 0.05) is 30.1 Å². The SMILES string of the molecule is Cc1cc(NC(=O)C2CCN(S(=O)(=O)c3cccc(Cl)c3)CC2)no1. The molecule has 1 fully saturated rings. The maximum atomic E-state index is 12.7. The third kappa shape index (κ3) is 4.02. The number of benzene rings is 1. The first kappa shape index (κ1) is 17.9. The molecule has 134 valence electrons. The molecule has 0 saturated carbocycles. The predicted octanol–water partition coefficient (Wildman–Crippen LogP) is 2.68. The molecule has 2 aromatic rings. The van der Waals surface area contributed by atoms with Crippen LogP contribution in [0.5, 0.6) is 0 Å². The molecule has 0 atom stereocenters. The van der Waals surface area contributed by atoms with Crippen molar-refractivity contribution in [2.45, 2.75) is 24.7 Å². The molecule has 1 N–H and O–H groups in total. The van der Waals surface area contributed by atoms with Crippen LogP contribution in [0.15, 0.2) is 39.8 Å². The van der Waals surface area contributed by atoms with Crippen LogP contribution in [0.2, 0.25) is 5.02 Å². The van der Waals surface area contributed by atoms with Crippen molar-refractivity contribution in [1.29, 1.82) is 0 Å². The number of rotatable bonds is 4. The van der Waals surface area contributed by atoms with Crippen molar-refractivity contribution in [3.63, 3.8) is 0 Å². The van der Waals surface area contributed by atoms with Crippen LogP contribution in [0.3, 0.4) is 0 Å². The van der Waals surface area contributed by atoms with Crippen molar-refractivity contribution in [2.75, 3.05) is 18.4 Å².